The zero-order valence-electron chi connectivity index (χ0n) is 12.1. The third kappa shape index (κ3) is 4.98. The van der Waals surface area contributed by atoms with Crippen molar-refractivity contribution in [3.8, 4) is 0 Å². The van der Waals surface area contributed by atoms with Gasteiger partial charge in [0.1, 0.15) is 0 Å². The molecule has 6 heteroatoms. The smallest absolute Gasteiger partial charge is 0.190 e. The van der Waals surface area contributed by atoms with Crippen LogP contribution < -0.4 is 0 Å². The lowest BCUT2D eigenvalue weighted by molar-refractivity contribution is 0.461. The summed E-state index contributed by atoms with van der Waals surface area (Å²) in [6.45, 7) is 0. The van der Waals surface area contributed by atoms with Gasteiger partial charge in [0.2, 0.25) is 0 Å². The highest BCUT2D eigenvalue weighted by Gasteiger charge is 2.27. The van der Waals surface area contributed by atoms with E-state index in [4.69, 9.17) is 3.63 Å². The second-order valence-electron chi connectivity index (χ2n) is 4.76. The first-order chi connectivity index (χ1) is 10.4. The minimum atomic E-state index is -5.02. The second kappa shape index (κ2) is 7.09. The molecular formula is C16H17FO3S2. The monoisotopic (exact) mass is 340 g/mol. The van der Waals surface area contributed by atoms with Crippen LogP contribution >= 0.6 is 10.3 Å². The fraction of sp³-hybridized carbons (Fsp3) is 0.125. The van der Waals surface area contributed by atoms with E-state index in [1.807, 2.05) is 48.6 Å². The molecule has 1 unspecified atom stereocenters. The largest absolute Gasteiger partial charge is 0.447 e. The zero-order chi connectivity index (χ0) is 16.1. The lowest BCUT2D eigenvalue weighted by Crippen LogP contribution is -2.10. The van der Waals surface area contributed by atoms with E-state index < -0.39 is 20.8 Å². The summed E-state index contributed by atoms with van der Waals surface area (Å²) in [4.78, 5) is 0.675. The maximum Gasteiger partial charge on any atom is 0.447 e. The van der Waals surface area contributed by atoms with Crippen LogP contribution in [0, 0.1) is 0 Å². The highest BCUT2D eigenvalue weighted by Crippen LogP contribution is 2.55. The Morgan fingerprint density at radius 1 is 1.00 bits per heavy atom. The van der Waals surface area contributed by atoms with Crippen molar-refractivity contribution in [2.24, 2.45) is 0 Å². The van der Waals surface area contributed by atoms with Crippen LogP contribution in [0.4, 0.5) is 3.89 Å². The van der Waals surface area contributed by atoms with Gasteiger partial charge in [-0.05, 0) is 24.0 Å². The van der Waals surface area contributed by atoms with Crippen LogP contribution in [-0.4, -0.2) is 20.4 Å². The maximum atomic E-state index is 13.1. The number of halogens is 1. The first kappa shape index (κ1) is 16.7. The quantitative estimate of drug-likeness (QED) is 0.735. The van der Waals surface area contributed by atoms with Gasteiger partial charge in [-0.25, -0.2) is 0 Å². The molecule has 0 aromatic heterocycles. The number of hydrogen-bond acceptors (Lipinski definition) is 3. The molecule has 0 saturated carbocycles. The Morgan fingerprint density at radius 3 is 2.09 bits per heavy atom. The number of rotatable bonds is 6. The van der Waals surface area contributed by atoms with Gasteiger partial charge >= 0.3 is 10.5 Å². The molecule has 0 amide bonds. The molecule has 2 aromatic rings. The molecule has 2 aromatic carbocycles. The van der Waals surface area contributed by atoms with Crippen molar-refractivity contribution in [3.05, 3.63) is 72.3 Å². The minimum absolute atomic E-state index is 0.301. The third-order valence-electron chi connectivity index (χ3n) is 3.00. The van der Waals surface area contributed by atoms with Gasteiger partial charge in [0, 0.05) is 10.6 Å². The van der Waals surface area contributed by atoms with Gasteiger partial charge in [0.05, 0.1) is 0 Å². The van der Waals surface area contributed by atoms with Crippen molar-refractivity contribution >= 4 is 26.9 Å². The van der Waals surface area contributed by atoms with Crippen molar-refractivity contribution in [2.75, 3.05) is 12.0 Å². The summed E-state index contributed by atoms with van der Waals surface area (Å²) in [6.07, 6.45) is 5.31. The normalized spacial score (nSPS) is 16.3. The third-order valence-corrected chi connectivity index (χ3v) is 6.95. The van der Waals surface area contributed by atoms with Crippen LogP contribution in [-0.2, 0) is 14.1 Å². The van der Waals surface area contributed by atoms with Crippen molar-refractivity contribution in [1.29, 1.82) is 0 Å². The first-order valence-corrected chi connectivity index (χ1v) is 10.0. The molecular weight excluding hydrogens is 323 g/mol. The Hall–Kier alpha value is -1.63. The highest BCUT2D eigenvalue weighted by atomic mass is 32.3. The van der Waals surface area contributed by atoms with Gasteiger partial charge in [0.25, 0.3) is 0 Å². The van der Waals surface area contributed by atoms with E-state index in [0.29, 0.717) is 10.6 Å². The Labute approximate surface area is 132 Å². The summed E-state index contributed by atoms with van der Waals surface area (Å²) in [5.41, 5.74) is 0.986. The molecule has 0 spiro atoms. The summed E-state index contributed by atoms with van der Waals surface area (Å²) in [5, 5.41) is 0. The minimum Gasteiger partial charge on any atom is -0.190 e. The summed E-state index contributed by atoms with van der Waals surface area (Å²) in [5.74, 6) is 0.301. The van der Waals surface area contributed by atoms with Gasteiger partial charge in [0.15, 0.2) is 0 Å². The molecule has 0 aliphatic heterocycles. The van der Waals surface area contributed by atoms with Gasteiger partial charge < -0.3 is 0 Å². The zero-order valence-corrected chi connectivity index (χ0v) is 13.7. The average molecular weight is 340 g/mol. The molecule has 2 rings (SSSR count). The summed E-state index contributed by atoms with van der Waals surface area (Å²) in [7, 11) is -7.32. The van der Waals surface area contributed by atoms with Gasteiger partial charge in [-0.1, -0.05) is 74.9 Å². The molecule has 0 aliphatic carbocycles. The Kier molecular flexibility index (Phi) is 5.39. The van der Waals surface area contributed by atoms with E-state index in [2.05, 4.69) is 0 Å². The summed E-state index contributed by atoms with van der Waals surface area (Å²) in [6, 6.07) is 18.4. The van der Waals surface area contributed by atoms with Gasteiger partial charge in [-0.2, -0.15) is 12.0 Å². The molecule has 0 fully saturated rings. The van der Waals surface area contributed by atoms with Crippen molar-refractivity contribution in [3.63, 3.8) is 0 Å². The maximum absolute atomic E-state index is 13.1. The van der Waals surface area contributed by atoms with Gasteiger partial charge in [-0.3, -0.25) is 0 Å². The molecule has 22 heavy (non-hydrogen) atoms. The summed E-state index contributed by atoms with van der Waals surface area (Å²) >= 11 is 0. The molecule has 0 radical (unpaired) electrons. The average Bonchev–Trinajstić information content (AvgIpc) is 2.47. The topological polar surface area (TPSA) is 43.4 Å². The van der Waals surface area contributed by atoms with Gasteiger partial charge in [-0.15, -0.1) is 0 Å². The van der Waals surface area contributed by atoms with E-state index in [-0.39, 0.29) is 0 Å². The fourth-order valence-corrected chi connectivity index (χ4v) is 5.34. The Morgan fingerprint density at radius 2 is 1.55 bits per heavy atom. The van der Waals surface area contributed by atoms with Crippen LogP contribution in [0.2, 0.25) is 0 Å². The van der Waals surface area contributed by atoms with E-state index in [0.717, 1.165) is 5.56 Å². The Bertz CT molecular complexity index is 731. The first-order valence-electron chi connectivity index (χ1n) is 6.57. The van der Waals surface area contributed by atoms with Crippen LogP contribution in [0.1, 0.15) is 5.56 Å². The Balaban J connectivity index is 2.24. The summed E-state index contributed by atoms with van der Waals surface area (Å²) < 4.78 is 39.8. The number of hydrogen-bond donors (Lipinski definition) is 0. The highest BCUT2D eigenvalue weighted by molar-refractivity contribution is 8.32. The van der Waals surface area contributed by atoms with Crippen LogP contribution in [0.3, 0.4) is 0 Å². The van der Waals surface area contributed by atoms with Crippen molar-refractivity contribution in [2.45, 2.75) is 4.90 Å². The second-order valence-corrected chi connectivity index (χ2v) is 8.90. The lowest BCUT2D eigenvalue weighted by atomic mass is 10.2. The molecule has 0 aliphatic rings. The molecule has 1 atom stereocenters. The standard InChI is InChI=1S/C16H17FO3S2/c1-21(20-22(17,18)19,16-12-6-3-7-13-16)14-8-11-15-9-4-2-5-10-15/h2-13H,14H2,1H3/b11-8+. The fourth-order valence-electron chi connectivity index (χ4n) is 1.98. The van der Waals surface area contributed by atoms with Crippen molar-refractivity contribution < 1.29 is 15.9 Å². The van der Waals surface area contributed by atoms with Crippen LogP contribution in [0.5, 0.6) is 0 Å². The van der Waals surface area contributed by atoms with E-state index >= 15 is 0 Å². The predicted octanol–water partition coefficient (Wildman–Crippen LogP) is 4.34. The molecule has 0 bridgehead atoms. The van der Waals surface area contributed by atoms with E-state index in [1.165, 1.54) is 0 Å². The molecule has 0 heterocycles. The van der Waals surface area contributed by atoms with Crippen molar-refractivity contribution in [1.82, 2.24) is 0 Å². The predicted molar refractivity (Wildman–Crippen MR) is 89.7 cm³/mol. The molecule has 3 nitrogen and oxygen atoms in total. The number of benzene rings is 2. The SMILES string of the molecule is CS(C/C=C/c1ccccc1)(OS(=O)(=O)F)c1ccccc1. The van der Waals surface area contributed by atoms with E-state index in [9.17, 15) is 12.3 Å². The van der Waals surface area contributed by atoms with Crippen LogP contribution in [0.15, 0.2) is 71.6 Å². The molecule has 118 valence electrons. The molecule has 0 N–H and O–H groups in total. The van der Waals surface area contributed by atoms with Crippen LogP contribution in [0.25, 0.3) is 6.08 Å². The lowest BCUT2D eigenvalue weighted by Gasteiger charge is -2.32. The molecule has 0 saturated heterocycles. The van der Waals surface area contributed by atoms with E-state index in [1.54, 1.807) is 30.5 Å².